The number of hydrogen-bond donors (Lipinski definition) is 2. The lowest BCUT2D eigenvalue weighted by Gasteiger charge is -2.16. The Balaban J connectivity index is 1.31. The van der Waals surface area contributed by atoms with E-state index in [4.69, 9.17) is 0 Å². The number of rotatable bonds is 6. The highest BCUT2D eigenvalue weighted by molar-refractivity contribution is 5.89. The van der Waals surface area contributed by atoms with Gasteiger partial charge in [-0.2, -0.15) is 0 Å². The molecule has 2 heterocycles. The third-order valence-electron chi connectivity index (χ3n) is 5.22. The van der Waals surface area contributed by atoms with Gasteiger partial charge >= 0.3 is 0 Å². The lowest BCUT2D eigenvalue weighted by Crippen LogP contribution is -2.33. The van der Waals surface area contributed by atoms with Crippen LogP contribution in [0.15, 0.2) is 60.8 Å². The highest BCUT2D eigenvalue weighted by Gasteiger charge is 2.33. The van der Waals surface area contributed by atoms with Gasteiger partial charge in [0.25, 0.3) is 0 Å². The summed E-state index contributed by atoms with van der Waals surface area (Å²) < 4.78 is 0. The normalized spacial score (nSPS) is 16.8. The van der Waals surface area contributed by atoms with Crippen LogP contribution in [0.4, 0.5) is 0 Å². The molecular weight excluding hydrogens is 338 g/mol. The van der Waals surface area contributed by atoms with Crippen molar-refractivity contribution < 1.29 is 9.59 Å². The Labute approximate surface area is 158 Å². The third kappa shape index (κ3) is 3.87. The SMILES string of the molecule is O=C(NCc1ccccc1)[C@H]1CC(=O)N(CCc2c[nH]c3ccccc23)C1. The minimum Gasteiger partial charge on any atom is -0.361 e. The quantitative estimate of drug-likeness (QED) is 0.709. The number of carbonyl (C=O) groups is 2. The zero-order chi connectivity index (χ0) is 18.6. The molecule has 0 radical (unpaired) electrons. The van der Waals surface area contributed by atoms with E-state index in [1.807, 2.05) is 59.6 Å². The monoisotopic (exact) mass is 361 g/mol. The summed E-state index contributed by atoms with van der Waals surface area (Å²) in [5, 5.41) is 4.15. The summed E-state index contributed by atoms with van der Waals surface area (Å²) in [4.78, 5) is 29.8. The van der Waals surface area contributed by atoms with Gasteiger partial charge in [0.1, 0.15) is 0 Å². The molecule has 1 aliphatic rings. The number of para-hydroxylation sites is 1. The molecule has 5 nitrogen and oxygen atoms in total. The first-order valence-electron chi connectivity index (χ1n) is 9.35. The van der Waals surface area contributed by atoms with E-state index in [0.29, 0.717) is 26.1 Å². The number of likely N-dealkylation sites (tertiary alicyclic amines) is 1. The molecule has 0 aliphatic carbocycles. The molecule has 1 aliphatic heterocycles. The van der Waals surface area contributed by atoms with Gasteiger partial charge in [0, 0.05) is 43.2 Å². The van der Waals surface area contributed by atoms with Crippen LogP contribution in [0.5, 0.6) is 0 Å². The van der Waals surface area contributed by atoms with Crippen molar-refractivity contribution in [1.82, 2.24) is 15.2 Å². The number of fused-ring (bicyclic) bond motifs is 1. The van der Waals surface area contributed by atoms with Crippen molar-refractivity contribution in [2.75, 3.05) is 13.1 Å². The largest absolute Gasteiger partial charge is 0.361 e. The van der Waals surface area contributed by atoms with Crippen LogP contribution in [0.25, 0.3) is 10.9 Å². The molecule has 0 unspecified atom stereocenters. The van der Waals surface area contributed by atoms with Crippen LogP contribution in [-0.4, -0.2) is 34.8 Å². The number of H-pyrrole nitrogens is 1. The van der Waals surface area contributed by atoms with Crippen LogP contribution >= 0.6 is 0 Å². The molecule has 2 N–H and O–H groups in total. The van der Waals surface area contributed by atoms with Gasteiger partial charge < -0.3 is 15.2 Å². The van der Waals surface area contributed by atoms with Gasteiger partial charge in [-0.1, -0.05) is 48.5 Å². The van der Waals surface area contributed by atoms with E-state index in [2.05, 4.69) is 16.4 Å². The molecule has 0 saturated carbocycles. The van der Waals surface area contributed by atoms with Crippen LogP contribution in [-0.2, 0) is 22.6 Å². The molecule has 138 valence electrons. The van der Waals surface area contributed by atoms with Crippen LogP contribution in [0.3, 0.4) is 0 Å². The minimum atomic E-state index is -0.260. The lowest BCUT2D eigenvalue weighted by molar-refractivity contribution is -0.129. The van der Waals surface area contributed by atoms with Gasteiger partial charge in [0.15, 0.2) is 0 Å². The van der Waals surface area contributed by atoms with Crippen molar-refractivity contribution in [3.63, 3.8) is 0 Å². The van der Waals surface area contributed by atoms with Crippen LogP contribution in [0, 0.1) is 5.92 Å². The predicted molar refractivity (Wildman–Crippen MR) is 105 cm³/mol. The number of hydrogen-bond acceptors (Lipinski definition) is 2. The van der Waals surface area contributed by atoms with Crippen LogP contribution < -0.4 is 5.32 Å². The zero-order valence-electron chi connectivity index (χ0n) is 15.2. The molecule has 0 spiro atoms. The number of benzene rings is 2. The second-order valence-electron chi connectivity index (χ2n) is 7.05. The van der Waals surface area contributed by atoms with E-state index in [0.717, 1.165) is 17.5 Å². The van der Waals surface area contributed by atoms with Crippen molar-refractivity contribution in [2.24, 2.45) is 5.92 Å². The van der Waals surface area contributed by atoms with Gasteiger partial charge in [-0.3, -0.25) is 9.59 Å². The van der Waals surface area contributed by atoms with Crippen molar-refractivity contribution in [2.45, 2.75) is 19.4 Å². The highest BCUT2D eigenvalue weighted by Crippen LogP contribution is 2.21. The van der Waals surface area contributed by atoms with Gasteiger partial charge in [-0.05, 0) is 23.6 Å². The summed E-state index contributed by atoms with van der Waals surface area (Å²) >= 11 is 0. The lowest BCUT2D eigenvalue weighted by atomic mass is 10.1. The second-order valence-corrected chi connectivity index (χ2v) is 7.05. The first-order chi connectivity index (χ1) is 13.2. The molecule has 1 fully saturated rings. The van der Waals surface area contributed by atoms with E-state index in [1.165, 1.54) is 10.9 Å². The summed E-state index contributed by atoms with van der Waals surface area (Å²) in [7, 11) is 0. The standard InChI is InChI=1S/C22H23N3O2/c26-21-12-18(22(27)24-13-16-6-2-1-3-7-16)15-25(21)11-10-17-14-23-20-9-5-4-8-19(17)20/h1-9,14,18,23H,10-13,15H2,(H,24,27)/t18-/m0/s1. The van der Waals surface area contributed by atoms with E-state index < -0.39 is 0 Å². The minimum absolute atomic E-state index is 0.0400. The maximum atomic E-state index is 12.4. The molecule has 1 atom stereocenters. The Morgan fingerprint density at radius 1 is 1.11 bits per heavy atom. The first kappa shape index (κ1) is 17.3. The van der Waals surface area contributed by atoms with E-state index >= 15 is 0 Å². The second kappa shape index (κ2) is 7.66. The molecule has 27 heavy (non-hydrogen) atoms. The highest BCUT2D eigenvalue weighted by atomic mass is 16.2. The van der Waals surface area contributed by atoms with Gasteiger partial charge in [0.05, 0.1) is 5.92 Å². The van der Waals surface area contributed by atoms with Crippen molar-refractivity contribution in [3.05, 3.63) is 71.9 Å². The molecule has 5 heteroatoms. The molecule has 0 bridgehead atoms. The van der Waals surface area contributed by atoms with E-state index in [1.54, 1.807) is 0 Å². The fourth-order valence-corrected chi connectivity index (χ4v) is 3.69. The average Bonchev–Trinajstić information content (AvgIpc) is 3.29. The van der Waals surface area contributed by atoms with Gasteiger partial charge in [-0.15, -0.1) is 0 Å². The summed E-state index contributed by atoms with van der Waals surface area (Å²) in [6.45, 7) is 1.64. The van der Waals surface area contributed by atoms with E-state index in [-0.39, 0.29) is 17.7 Å². The number of carbonyl (C=O) groups excluding carboxylic acids is 2. The Hall–Kier alpha value is -3.08. The Kier molecular flexibility index (Phi) is 4.92. The summed E-state index contributed by atoms with van der Waals surface area (Å²) in [6.07, 6.45) is 3.10. The first-order valence-corrected chi connectivity index (χ1v) is 9.35. The van der Waals surface area contributed by atoms with Crippen LogP contribution in [0.1, 0.15) is 17.5 Å². The third-order valence-corrected chi connectivity index (χ3v) is 5.22. The van der Waals surface area contributed by atoms with Crippen LogP contribution in [0.2, 0.25) is 0 Å². The molecule has 3 aromatic rings. The maximum Gasteiger partial charge on any atom is 0.225 e. The summed E-state index contributed by atoms with van der Waals surface area (Å²) in [6, 6.07) is 18.0. The van der Waals surface area contributed by atoms with Crippen molar-refractivity contribution in [1.29, 1.82) is 0 Å². The number of amides is 2. The predicted octanol–water partition coefficient (Wildman–Crippen LogP) is 2.88. The van der Waals surface area contributed by atoms with Crippen molar-refractivity contribution >= 4 is 22.7 Å². The van der Waals surface area contributed by atoms with Gasteiger partial charge in [0.2, 0.25) is 11.8 Å². The number of aromatic amines is 1. The van der Waals surface area contributed by atoms with E-state index in [9.17, 15) is 9.59 Å². The average molecular weight is 361 g/mol. The smallest absolute Gasteiger partial charge is 0.225 e. The number of nitrogens with one attached hydrogen (secondary N) is 2. The zero-order valence-corrected chi connectivity index (χ0v) is 15.2. The maximum absolute atomic E-state index is 12.4. The molecule has 1 saturated heterocycles. The van der Waals surface area contributed by atoms with Crippen molar-refractivity contribution in [3.8, 4) is 0 Å². The number of nitrogens with zero attached hydrogens (tertiary/aromatic N) is 1. The topological polar surface area (TPSA) is 65.2 Å². The summed E-state index contributed by atoms with van der Waals surface area (Å²) in [5.74, 6) is -0.235. The fraction of sp³-hybridized carbons (Fsp3) is 0.273. The molecule has 4 rings (SSSR count). The molecule has 1 aromatic heterocycles. The molecule has 2 aromatic carbocycles. The Bertz CT molecular complexity index is 948. The van der Waals surface area contributed by atoms with Gasteiger partial charge in [-0.25, -0.2) is 0 Å². The Morgan fingerprint density at radius 2 is 1.89 bits per heavy atom. The molecule has 2 amide bonds. The molecular formula is C22H23N3O2. The Morgan fingerprint density at radius 3 is 2.74 bits per heavy atom. The summed E-state index contributed by atoms with van der Waals surface area (Å²) in [5.41, 5.74) is 3.38. The number of aromatic nitrogens is 1. The fourth-order valence-electron chi connectivity index (χ4n) is 3.69.